The Morgan fingerprint density at radius 3 is 1.53 bits per heavy atom. The number of pyridine rings is 2. The number of phenols is 1. The van der Waals surface area contributed by atoms with Crippen LogP contribution in [0.5, 0.6) is 34.5 Å². The van der Waals surface area contributed by atoms with Gasteiger partial charge < -0.3 is 38.4 Å². The van der Waals surface area contributed by atoms with Crippen LogP contribution in [0.3, 0.4) is 0 Å². The number of fused-ring (bicyclic) bond motifs is 2. The highest BCUT2D eigenvalue weighted by molar-refractivity contribution is 5.97. The molecule has 51 heavy (non-hydrogen) atoms. The number of hydrogen-bond acceptors (Lipinski definition) is 6. The zero-order valence-electron chi connectivity index (χ0n) is 28.1. The number of aromatic nitrogens is 4. The summed E-state index contributed by atoms with van der Waals surface area (Å²) < 4.78 is 20.7. The fourth-order valence-electron chi connectivity index (χ4n) is 6.02. The summed E-state index contributed by atoms with van der Waals surface area (Å²) in [5.41, 5.74) is 4.19. The highest BCUT2D eigenvalue weighted by Crippen LogP contribution is 2.43. The van der Waals surface area contributed by atoms with Gasteiger partial charge in [0.2, 0.25) is 0 Å². The summed E-state index contributed by atoms with van der Waals surface area (Å²) in [6.07, 6.45) is 7.08. The molecule has 0 spiro atoms. The van der Waals surface area contributed by atoms with Crippen molar-refractivity contribution < 1.29 is 19.3 Å². The molecule has 0 aliphatic heterocycles. The fraction of sp³-hybridized carbons (Fsp3) is 0.0732. The molecule has 0 aliphatic carbocycles. The van der Waals surface area contributed by atoms with Crippen LogP contribution in [0.4, 0.5) is 0 Å². The smallest absolute Gasteiger partial charge is 0.274 e. The lowest BCUT2D eigenvalue weighted by molar-refractivity contribution is 0.380. The van der Waals surface area contributed by atoms with Crippen LogP contribution < -0.4 is 25.3 Å². The normalized spacial score (nSPS) is 10.9. The average Bonchev–Trinajstić information content (AvgIpc) is 3.85. The van der Waals surface area contributed by atoms with Gasteiger partial charge in [-0.15, -0.1) is 0 Å². The molecule has 0 saturated carbocycles. The lowest BCUT2D eigenvalue weighted by Gasteiger charge is -2.16. The highest BCUT2D eigenvalue weighted by atomic mass is 16.5. The van der Waals surface area contributed by atoms with Crippen LogP contribution in [0, 0.1) is 0 Å². The van der Waals surface area contributed by atoms with Gasteiger partial charge in [-0.3, -0.25) is 9.59 Å². The Kier molecular flexibility index (Phi) is 8.88. The molecule has 0 radical (unpaired) electrons. The molecule has 0 amide bonds. The topological polar surface area (TPSA) is 124 Å². The first-order valence-corrected chi connectivity index (χ1v) is 16.1. The van der Waals surface area contributed by atoms with Gasteiger partial charge in [0.1, 0.15) is 22.5 Å². The molecule has 10 heteroatoms. The Bertz CT molecular complexity index is 2600. The van der Waals surface area contributed by atoms with Crippen LogP contribution in [-0.4, -0.2) is 31.3 Å². The van der Waals surface area contributed by atoms with Crippen LogP contribution in [0.15, 0.2) is 144 Å². The molecule has 4 aromatic heterocycles. The number of aryl methyl sites for hydroxylation is 2. The monoisotopic (exact) mass is 678 g/mol. The number of ether oxygens (including phenoxy) is 3. The number of para-hydroxylation sites is 4. The number of aromatic hydroxyl groups is 1. The molecular formula is C41H34N4O6. The van der Waals surface area contributed by atoms with E-state index in [2.05, 4.69) is 9.97 Å². The fourth-order valence-corrected chi connectivity index (χ4v) is 6.02. The second-order valence-electron chi connectivity index (χ2n) is 11.8. The number of phenolic OH excluding ortho intramolecular Hbond substituents is 1. The maximum Gasteiger partial charge on any atom is 0.274 e. The minimum Gasteiger partial charge on any atom is -0.504 e. The Morgan fingerprint density at radius 1 is 0.549 bits per heavy atom. The molecule has 4 heterocycles. The molecule has 0 bridgehead atoms. The molecular weight excluding hydrogens is 644 g/mol. The van der Waals surface area contributed by atoms with E-state index >= 15 is 0 Å². The number of methoxy groups -OCH3 is 1. The molecule has 0 unspecified atom stereocenters. The first-order chi connectivity index (χ1) is 24.8. The first-order valence-electron chi connectivity index (χ1n) is 16.1. The van der Waals surface area contributed by atoms with Crippen molar-refractivity contribution in [2.24, 2.45) is 14.1 Å². The summed E-state index contributed by atoms with van der Waals surface area (Å²) in [7, 11) is 5.06. The number of rotatable bonds is 7. The minimum atomic E-state index is -0.102. The van der Waals surface area contributed by atoms with E-state index in [1.165, 1.54) is 4.57 Å². The van der Waals surface area contributed by atoms with Crippen molar-refractivity contribution in [3.8, 4) is 56.8 Å². The van der Waals surface area contributed by atoms with Gasteiger partial charge in [0.25, 0.3) is 11.1 Å². The van der Waals surface area contributed by atoms with Crippen molar-refractivity contribution in [2.45, 2.75) is 0 Å². The Hall–Kier alpha value is -6.94. The third-order valence-corrected chi connectivity index (χ3v) is 8.49. The number of nitrogens with zero attached hydrogens (tertiary/aromatic N) is 2. The summed E-state index contributed by atoms with van der Waals surface area (Å²) in [4.78, 5) is 30.6. The lowest BCUT2D eigenvalue weighted by atomic mass is 10.0. The van der Waals surface area contributed by atoms with Crippen molar-refractivity contribution in [3.05, 3.63) is 155 Å². The number of H-pyrrole nitrogens is 2. The van der Waals surface area contributed by atoms with Crippen LogP contribution >= 0.6 is 0 Å². The summed E-state index contributed by atoms with van der Waals surface area (Å²) in [6, 6.07) is 33.5. The summed E-state index contributed by atoms with van der Waals surface area (Å²) in [5.74, 6) is 2.98. The van der Waals surface area contributed by atoms with Gasteiger partial charge in [-0.2, -0.15) is 0 Å². The number of aromatic amines is 2. The standard InChI is InChI=1S/C21H18N2O3.C20H16N2O3/c1-23-13-17(15-11-12-22-19(15)21(23)24)16-9-6-10-18(25-2)20(16)26-14-7-4-3-5-8-14;1-22-12-16(14-10-11-21-18(14)20(22)24)15-8-5-9-17(23)19(15)25-13-6-3-2-4-7-13/h3-13,22H,1-2H3;2-12,21,23H,1H3. The quantitative estimate of drug-likeness (QED) is 0.156. The minimum absolute atomic E-state index is 0.0406. The Morgan fingerprint density at radius 2 is 1.02 bits per heavy atom. The van der Waals surface area contributed by atoms with E-state index in [0.717, 1.165) is 27.5 Å². The molecule has 0 fully saturated rings. The number of benzene rings is 4. The molecule has 254 valence electrons. The molecule has 10 nitrogen and oxygen atoms in total. The second-order valence-corrected chi connectivity index (χ2v) is 11.8. The van der Waals surface area contributed by atoms with E-state index < -0.39 is 0 Å². The highest BCUT2D eigenvalue weighted by Gasteiger charge is 2.19. The second kappa shape index (κ2) is 13.9. The van der Waals surface area contributed by atoms with E-state index in [1.807, 2.05) is 103 Å². The number of nitrogens with one attached hydrogen (secondary N) is 2. The average molecular weight is 679 g/mol. The zero-order chi connectivity index (χ0) is 35.5. The van der Waals surface area contributed by atoms with Gasteiger partial charge in [-0.1, -0.05) is 60.7 Å². The summed E-state index contributed by atoms with van der Waals surface area (Å²) in [5, 5.41) is 12.0. The van der Waals surface area contributed by atoms with Gasteiger partial charge >= 0.3 is 0 Å². The predicted octanol–water partition coefficient (Wildman–Crippen LogP) is 8.37. The molecule has 0 aliphatic rings. The van der Waals surface area contributed by atoms with Gasteiger partial charge in [0, 0.05) is 71.9 Å². The van der Waals surface area contributed by atoms with Crippen LogP contribution in [-0.2, 0) is 14.1 Å². The van der Waals surface area contributed by atoms with Crippen molar-refractivity contribution in [3.63, 3.8) is 0 Å². The van der Waals surface area contributed by atoms with E-state index in [0.29, 0.717) is 45.3 Å². The van der Waals surface area contributed by atoms with Crippen LogP contribution in [0.25, 0.3) is 44.1 Å². The molecule has 0 saturated heterocycles. The molecule has 8 aromatic rings. The van der Waals surface area contributed by atoms with Gasteiger partial charge in [-0.25, -0.2) is 0 Å². The predicted molar refractivity (Wildman–Crippen MR) is 199 cm³/mol. The largest absolute Gasteiger partial charge is 0.504 e. The van der Waals surface area contributed by atoms with Gasteiger partial charge in [-0.05, 0) is 48.5 Å². The van der Waals surface area contributed by atoms with Crippen molar-refractivity contribution >= 4 is 21.8 Å². The molecule has 0 atom stereocenters. The first kappa shape index (κ1) is 32.6. The van der Waals surface area contributed by atoms with E-state index in [9.17, 15) is 14.7 Å². The number of hydrogen-bond donors (Lipinski definition) is 3. The van der Waals surface area contributed by atoms with Crippen LogP contribution in [0.2, 0.25) is 0 Å². The van der Waals surface area contributed by atoms with Crippen molar-refractivity contribution in [1.29, 1.82) is 0 Å². The third-order valence-electron chi connectivity index (χ3n) is 8.49. The van der Waals surface area contributed by atoms with Crippen molar-refractivity contribution in [1.82, 2.24) is 19.1 Å². The van der Waals surface area contributed by atoms with E-state index in [4.69, 9.17) is 14.2 Å². The van der Waals surface area contributed by atoms with E-state index in [1.54, 1.807) is 56.5 Å². The maximum atomic E-state index is 12.3. The molecule has 8 rings (SSSR count). The lowest BCUT2D eigenvalue weighted by Crippen LogP contribution is -2.16. The Labute approximate surface area is 292 Å². The van der Waals surface area contributed by atoms with E-state index in [-0.39, 0.29) is 16.9 Å². The molecule has 4 aromatic carbocycles. The Balaban J connectivity index is 0.000000159. The van der Waals surface area contributed by atoms with Crippen LogP contribution in [0.1, 0.15) is 0 Å². The SMILES string of the molecule is COc1cccc(-c2cn(C)c(=O)c3[nH]ccc23)c1Oc1ccccc1.Cn1cc(-c2cccc(O)c2Oc2ccccc2)c2cc[nH]c2c1=O. The third kappa shape index (κ3) is 6.33. The maximum absolute atomic E-state index is 12.3. The summed E-state index contributed by atoms with van der Waals surface area (Å²) >= 11 is 0. The van der Waals surface area contributed by atoms with Gasteiger partial charge in [0.05, 0.1) is 7.11 Å². The molecule has 3 N–H and O–H groups in total. The summed E-state index contributed by atoms with van der Waals surface area (Å²) in [6.45, 7) is 0. The van der Waals surface area contributed by atoms with Gasteiger partial charge in [0.15, 0.2) is 23.0 Å². The zero-order valence-corrected chi connectivity index (χ0v) is 28.1. The van der Waals surface area contributed by atoms with Crippen molar-refractivity contribution in [2.75, 3.05) is 7.11 Å².